The number of benzene rings is 2. The van der Waals surface area contributed by atoms with Crippen molar-refractivity contribution in [3.05, 3.63) is 65.9 Å². The zero-order chi connectivity index (χ0) is 33.6. The van der Waals surface area contributed by atoms with Gasteiger partial charge >= 0.3 is 5.97 Å². The molecular formula is C37H48N4O6. The van der Waals surface area contributed by atoms with Crippen molar-refractivity contribution in [1.29, 1.82) is 0 Å². The summed E-state index contributed by atoms with van der Waals surface area (Å²) in [6.45, 7) is 8.94. The van der Waals surface area contributed by atoms with Crippen LogP contribution in [0.5, 0.6) is 11.5 Å². The van der Waals surface area contributed by atoms with Crippen molar-refractivity contribution < 1.29 is 28.6 Å². The Hall–Kier alpha value is -4.34. The van der Waals surface area contributed by atoms with Gasteiger partial charge in [0, 0.05) is 6.54 Å². The van der Waals surface area contributed by atoms with Crippen molar-refractivity contribution in [3.63, 3.8) is 0 Å². The molecule has 2 aliphatic rings. The van der Waals surface area contributed by atoms with E-state index in [1.165, 1.54) is 6.42 Å². The zero-order valence-electron chi connectivity index (χ0n) is 28.3. The van der Waals surface area contributed by atoms with Crippen molar-refractivity contribution >= 4 is 17.8 Å². The second-order valence-electron chi connectivity index (χ2n) is 13.6. The number of hydrogen-bond acceptors (Lipinski definition) is 7. The van der Waals surface area contributed by atoms with Crippen LogP contribution in [0.15, 0.2) is 54.6 Å². The minimum absolute atomic E-state index is 0.0995. The molecule has 0 radical (unpaired) electrons. The molecule has 2 aromatic carbocycles. The smallest absolute Gasteiger partial charge is 0.307 e. The van der Waals surface area contributed by atoms with E-state index in [0.717, 1.165) is 36.1 Å². The van der Waals surface area contributed by atoms with Crippen molar-refractivity contribution in [2.45, 2.75) is 90.8 Å². The second-order valence-corrected chi connectivity index (χ2v) is 13.6. The topological polar surface area (TPSA) is 121 Å². The van der Waals surface area contributed by atoms with Gasteiger partial charge in [0.2, 0.25) is 5.91 Å². The summed E-state index contributed by atoms with van der Waals surface area (Å²) in [6, 6.07) is 17.6. The Kier molecular flexibility index (Phi) is 10.6. The lowest BCUT2D eigenvalue weighted by Gasteiger charge is -2.29. The highest BCUT2D eigenvalue weighted by molar-refractivity contribution is 5.95. The van der Waals surface area contributed by atoms with Crippen LogP contribution in [0.2, 0.25) is 0 Å². The summed E-state index contributed by atoms with van der Waals surface area (Å²) in [5.41, 5.74) is 1.82. The van der Waals surface area contributed by atoms with E-state index in [1.807, 2.05) is 73.1 Å². The van der Waals surface area contributed by atoms with Gasteiger partial charge in [0.15, 0.2) is 5.69 Å². The minimum Gasteiger partial charge on any atom is -0.496 e. The predicted molar refractivity (Wildman–Crippen MR) is 179 cm³/mol. The molecule has 47 heavy (non-hydrogen) atoms. The average Bonchev–Trinajstić information content (AvgIpc) is 3.33. The molecule has 2 unspecified atom stereocenters. The highest BCUT2D eigenvalue weighted by Gasteiger charge is 2.63. The lowest BCUT2D eigenvalue weighted by Crippen LogP contribution is -2.44. The SMILES string of the molecule is CCOC(=O)CCNC(=O)C[C@]1(NC(=O)c2cc(-c3c(OC)cccc3OCc3ccccc3)n(C3CCCC(C)C3)n2)CC1(C)C. The second kappa shape index (κ2) is 14.6. The van der Waals surface area contributed by atoms with E-state index in [4.69, 9.17) is 19.3 Å². The van der Waals surface area contributed by atoms with Crippen molar-refractivity contribution in [2.24, 2.45) is 11.3 Å². The van der Waals surface area contributed by atoms with Gasteiger partial charge in [0.25, 0.3) is 5.91 Å². The van der Waals surface area contributed by atoms with Crippen molar-refractivity contribution in [3.8, 4) is 22.8 Å². The molecule has 3 aromatic rings. The Morgan fingerprint density at radius 2 is 1.79 bits per heavy atom. The largest absolute Gasteiger partial charge is 0.496 e. The van der Waals surface area contributed by atoms with Crippen molar-refractivity contribution in [2.75, 3.05) is 20.3 Å². The first-order valence-corrected chi connectivity index (χ1v) is 16.7. The van der Waals surface area contributed by atoms with Crippen LogP contribution >= 0.6 is 0 Å². The molecule has 3 atom stereocenters. The summed E-state index contributed by atoms with van der Waals surface area (Å²) in [6.07, 6.45) is 5.01. The molecule has 252 valence electrons. The van der Waals surface area contributed by atoms with Gasteiger partial charge in [-0.3, -0.25) is 19.1 Å². The average molecular weight is 645 g/mol. The third-order valence-electron chi connectivity index (χ3n) is 9.61. The van der Waals surface area contributed by atoms with Crippen LogP contribution in [-0.2, 0) is 20.9 Å². The standard InChI is InChI=1S/C37H48N4O6/c1-6-46-33(43)18-19-38-32(42)22-37(24-36(37,3)4)39-35(44)28-21-29(41(40-28)27-15-10-12-25(2)20-27)34-30(45-5)16-11-17-31(34)47-23-26-13-8-7-9-14-26/h7-9,11,13-14,16-17,21,25,27H,6,10,12,15,18-20,22-24H2,1-5H3,(H,38,42)(H,39,44)/t25?,27?,37-/m0/s1. The molecule has 5 rings (SSSR count). The number of carbonyl (C=O) groups is 3. The number of methoxy groups -OCH3 is 1. The van der Waals surface area contributed by atoms with Crippen LogP contribution in [0, 0.1) is 11.3 Å². The Bertz CT molecular complexity index is 1570. The maximum atomic E-state index is 14.0. The van der Waals surface area contributed by atoms with Crippen LogP contribution in [0.1, 0.15) is 94.7 Å². The van der Waals surface area contributed by atoms with E-state index >= 15 is 0 Å². The lowest BCUT2D eigenvalue weighted by atomic mass is 9.87. The summed E-state index contributed by atoms with van der Waals surface area (Å²) in [7, 11) is 1.63. The molecule has 1 heterocycles. The van der Waals surface area contributed by atoms with E-state index in [2.05, 4.69) is 17.6 Å². The Labute approximate surface area is 277 Å². The highest BCUT2D eigenvalue weighted by Crippen LogP contribution is 2.57. The number of aromatic nitrogens is 2. The maximum Gasteiger partial charge on any atom is 0.307 e. The summed E-state index contributed by atoms with van der Waals surface area (Å²) in [5, 5.41) is 10.9. The van der Waals surface area contributed by atoms with E-state index < -0.39 is 5.54 Å². The molecule has 0 saturated heterocycles. The number of ether oxygens (including phenoxy) is 3. The molecule has 10 heteroatoms. The number of rotatable bonds is 14. The molecule has 0 spiro atoms. The van der Waals surface area contributed by atoms with Crippen molar-refractivity contribution in [1.82, 2.24) is 20.4 Å². The Balaban J connectivity index is 1.42. The van der Waals surface area contributed by atoms with Crippen LogP contribution < -0.4 is 20.1 Å². The first-order valence-electron chi connectivity index (χ1n) is 16.7. The maximum absolute atomic E-state index is 14.0. The summed E-state index contributed by atoms with van der Waals surface area (Å²) < 4.78 is 19.2. The molecule has 1 aromatic heterocycles. The molecule has 0 aliphatic heterocycles. The van der Waals surface area contributed by atoms with E-state index in [0.29, 0.717) is 37.1 Å². The normalized spacial score (nSPS) is 21.4. The molecule has 0 bridgehead atoms. The number of esters is 1. The molecule has 2 aliphatic carbocycles. The molecule has 2 fully saturated rings. The fourth-order valence-electron chi connectivity index (χ4n) is 6.81. The van der Waals surface area contributed by atoms with Crippen LogP contribution in [0.25, 0.3) is 11.3 Å². The van der Waals surface area contributed by atoms with Gasteiger partial charge in [0.05, 0.1) is 49.4 Å². The quantitative estimate of drug-likeness (QED) is 0.199. The third-order valence-corrected chi connectivity index (χ3v) is 9.61. The number of nitrogens with one attached hydrogen (secondary N) is 2. The van der Waals surface area contributed by atoms with Gasteiger partial charge < -0.3 is 24.8 Å². The summed E-state index contributed by atoms with van der Waals surface area (Å²) in [4.78, 5) is 38.6. The molecule has 2 amide bonds. The van der Waals surface area contributed by atoms with Gasteiger partial charge in [-0.15, -0.1) is 0 Å². The number of amides is 2. The van der Waals surface area contributed by atoms with Gasteiger partial charge in [0.1, 0.15) is 18.1 Å². The van der Waals surface area contributed by atoms with E-state index in [1.54, 1.807) is 14.0 Å². The fraction of sp³-hybridized carbons (Fsp3) is 0.514. The monoisotopic (exact) mass is 644 g/mol. The Morgan fingerprint density at radius 3 is 2.47 bits per heavy atom. The summed E-state index contributed by atoms with van der Waals surface area (Å²) >= 11 is 0. The van der Waals surface area contributed by atoms with E-state index in [-0.39, 0.29) is 54.3 Å². The van der Waals surface area contributed by atoms with Gasteiger partial charge in [-0.1, -0.05) is 70.0 Å². The lowest BCUT2D eigenvalue weighted by molar-refractivity contribution is -0.143. The number of hydrogen-bond donors (Lipinski definition) is 2. The van der Waals surface area contributed by atoms with Gasteiger partial charge in [-0.25, -0.2) is 0 Å². The third kappa shape index (κ3) is 7.97. The number of carbonyl (C=O) groups excluding carboxylic acids is 3. The van der Waals surface area contributed by atoms with Crippen LogP contribution in [0.4, 0.5) is 0 Å². The molecule has 10 nitrogen and oxygen atoms in total. The molecule has 2 saturated carbocycles. The van der Waals surface area contributed by atoms with E-state index in [9.17, 15) is 14.4 Å². The van der Waals surface area contributed by atoms with Gasteiger partial charge in [-0.2, -0.15) is 5.10 Å². The summed E-state index contributed by atoms with van der Waals surface area (Å²) in [5.74, 6) is 0.894. The highest BCUT2D eigenvalue weighted by atomic mass is 16.5. The van der Waals surface area contributed by atoms with Crippen LogP contribution in [-0.4, -0.2) is 53.4 Å². The Morgan fingerprint density at radius 1 is 1.04 bits per heavy atom. The van der Waals surface area contributed by atoms with Crippen LogP contribution in [0.3, 0.4) is 0 Å². The fourth-order valence-corrected chi connectivity index (χ4v) is 6.81. The first-order chi connectivity index (χ1) is 22.6. The molecular weight excluding hydrogens is 596 g/mol. The van der Waals surface area contributed by atoms with Gasteiger partial charge in [-0.05, 0) is 61.3 Å². The molecule has 2 N–H and O–H groups in total. The predicted octanol–water partition coefficient (Wildman–Crippen LogP) is 6.25. The number of nitrogens with zero attached hydrogens (tertiary/aromatic N) is 2. The zero-order valence-corrected chi connectivity index (χ0v) is 28.3. The minimum atomic E-state index is -0.726. The first kappa shape index (κ1) is 34.0.